The van der Waals surface area contributed by atoms with E-state index in [-0.39, 0.29) is 6.10 Å². The van der Waals surface area contributed by atoms with Gasteiger partial charge in [0.2, 0.25) is 0 Å². The van der Waals surface area contributed by atoms with Crippen molar-refractivity contribution in [3.63, 3.8) is 0 Å². The highest BCUT2D eigenvalue weighted by molar-refractivity contribution is 5.92. The number of aryl methyl sites for hydroxylation is 1. The second-order valence-corrected chi connectivity index (χ2v) is 3.99. The SMILES string of the molecule is COC(=O)c1cnn2cc(C)nc2c1C(C)OC. The van der Waals surface area contributed by atoms with Crippen LogP contribution in [0.3, 0.4) is 0 Å². The van der Waals surface area contributed by atoms with Gasteiger partial charge in [0.05, 0.1) is 36.9 Å². The van der Waals surface area contributed by atoms with Crippen molar-refractivity contribution in [1.82, 2.24) is 14.6 Å². The lowest BCUT2D eigenvalue weighted by atomic mass is 10.1. The Morgan fingerprint density at radius 1 is 1.44 bits per heavy atom. The maximum absolute atomic E-state index is 11.8. The zero-order chi connectivity index (χ0) is 13.3. The van der Waals surface area contributed by atoms with Gasteiger partial charge in [0.25, 0.3) is 0 Å². The molecule has 6 nitrogen and oxygen atoms in total. The lowest BCUT2D eigenvalue weighted by molar-refractivity contribution is 0.0588. The Morgan fingerprint density at radius 3 is 2.78 bits per heavy atom. The van der Waals surface area contributed by atoms with Gasteiger partial charge in [-0.2, -0.15) is 5.10 Å². The summed E-state index contributed by atoms with van der Waals surface area (Å²) in [6.45, 7) is 3.72. The number of hydrogen-bond acceptors (Lipinski definition) is 5. The molecule has 2 rings (SSSR count). The molecule has 6 heteroatoms. The van der Waals surface area contributed by atoms with Crippen molar-refractivity contribution >= 4 is 11.6 Å². The number of imidazole rings is 1. The minimum atomic E-state index is -0.440. The highest BCUT2D eigenvalue weighted by atomic mass is 16.5. The highest BCUT2D eigenvalue weighted by Gasteiger charge is 2.22. The lowest BCUT2D eigenvalue weighted by Crippen LogP contribution is -2.12. The molecule has 0 bridgehead atoms. The van der Waals surface area contributed by atoms with Crippen molar-refractivity contribution < 1.29 is 14.3 Å². The van der Waals surface area contributed by atoms with Crippen LogP contribution in [0.25, 0.3) is 5.65 Å². The Kier molecular flexibility index (Phi) is 3.29. The van der Waals surface area contributed by atoms with Crippen LogP contribution in [0.2, 0.25) is 0 Å². The van der Waals surface area contributed by atoms with Crippen molar-refractivity contribution in [2.75, 3.05) is 14.2 Å². The van der Waals surface area contributed by atoms with E-state index < -0.39 is 5.97 Å². The molecule has 0 saturated heterocycles. The topological polar surface area (TPSA) is 65.7 Å². The van der Waals surface area contributed by atoms with Crippen LogP contribution in [0, 0.1) is 6.92 Å². The van der Waals surface area contributed by atoms with E-state index in [4.69, 9.17) is 9.47 Å². The first kappa shape index (κ1) is 12.5. The number of hydrogen-bond donors (Lipinski definition) is 0. The third-order valence-corrected chi connectivity index (χ3v) is 2.82. The van der Waals surface area contributed by atoms with Gasteiger partial charge in [-0.1, -0.05) is 0 Å². The molecule has 1 atom stereocenters. The number of carbonyl (C=O) groups is 1. The molecule has 0 aliphatic heterocycles. The van der Waals surface area contributed by atoms with Crippen LogP contribution in [0.5, 0.6) is 0 Å². The van der Waals surface area contributed by atoms with Gasteiger partial charge in [-0.25, -0.2) is 14.3 Å². The third kappa shape index (κ3) is 1.95. The summed E-state index contributed by atoms with van der Waals surface area (Å²) < 4.78 is 11.7. The van der Waals surface area contributed by atoms with Crippen LogP contribution in [0.1, 0.15) is 34.6 Å². The zero-order valence-electron chi connectivity index (χ0n) is 10.8. The van der Waals surface area contributed by atoms with E-state index in [1.807, 2.05) is 13.8 Å². The fraction of sp³-hybridized carbons (Fsp3) is 0.417. The van der Waals surface area contributed by atoms with Gasteiger partial charge in [-0.05, 0) is 13.8 Å². The van der Waals surface area contributed by atoms with E-state index in [0.717, 1.165) is 5.69 Å². The molecule has 0 radical (unpaired) electrons. The summed E-state index contributed by atoms with van der Waals surface area (Å²) in [4.78, 5) is 16.1. The van der Waals surface area contributed by atoms with Crippen LogP contribution in [0.15, 0.2) is 12.4 Å². The van der Waals surface area contributed by atoms with Gasteiger partial charge < -0.3 is 9.47 Å². The fourth-order valence-corrected chi connectivity index (χ4v) is 1.86. The number of esters is 1. The standard InChI is InChI=1S/C12H15N3O3/c1-7-6-15-11(14-7)10(8(2)17-3)9(5-13-15)12(16)18-4/h5-6,8H,1-4H3. The summed E-state index contributed by atoms with van der Waals surface area (Å²) in [5.74, 6) is -0.440. The van der Waals surface area contributed by atoms with Crippen molar-refractivity contribution in [1.29, 1.82) is 0 Å². The van der Waals surface area contributed by atoms with E-state index in [0.29, 0.717) is 16.8 Å². The summed E-state index contributed by atoms with van der Waals surface area (Å²) in [7, 11) is 2.92. The number of aromatic nitrogens is 3. The molecular weight excluding hydrogens is 234 g/mol. The predicted molar refractivity (Wildman–Crippen MR) is 64.5 cm³/mol. The summed E-state index contributed by atoms with van der Waals surface area (Å²) >= 11 is 0. The zero-order valence-corrected chi connectivity index (χ0v) is 10.8. The first-order valence-corrected chi connectivity index (χ1v) is 5.54. The molecule has 0 spiro atoms. The Morgan fingerprint density at radius 2 is 2.17 bits per heavy atom. The first-order valence-electron chi connectivity index (χ1n) is 5.54. The van der Waals surface area contributed by atoms with Crippen LogP contribution in [-0.2, 0) is 9.47 Å². The summed E-state index contributed by atoms with van der Waals surface area (Å²) in [5, 5.41) is 4.15. The number of fused-ring (bicyclic) bond motifs is 1. The molecule has 0 N–H and O–H groups in total. The van der Waals surface area contributed by atoms with Crippen LogP contribution < -0.4 is 0 Å². The average molecular weight is 249 g/mol. The number of ether oxygens (including phenoxy) is 2. The predicted octanol–water partition coefficient (Wildman–Crippen LogP) is 1.53. The number of rotatable bonds is 3. The van der Waals surface area contributed by atoms with E-state index in [1.165, 1.54) is 13.3 Å². The molecule has 2 aromatic rings. The molecule has 96 valence electrons. The van der Waals surface area contributed by atoms with Crippen molar-refractivity contribution in [3.8, 4) is 0 Å². The highest BCUT2D eigenvalue weighted by Crippen LogP contribution is 2.25. The van der Waals surface area contributed by atoms with Crippen LogP contribution in [0.4, 0.5) is 0 Å². The van der Waals surface area contributed by atoms with Crippen molar-refractivity contribution in [2.45, 2.75) is 20.0 Å². The Bertz CT molecular complexity index is 592. The molecule has 0 aliphatic rings. The van der Waals surface area contributed by atoms with Gasteiger partial charge in [-0.3, -0.25) is 0 Å². The maximum atomic E-state index is 11.8. The molecule has 0 amide bonds. The van der Waals surface area contributed by atoms with Crippen LogP contribution in [-0.4, -0.2) is 34.8 Å². The molecule has 2 heterocycles. The number of nitrogens with zero attached hydrogens (tertiary/aromatic N) is 3. The van der Waals surface area contributed by atoms with Crippen molar-refractivity contribution in [2.24, 2.45) is 0 Å². The van der Waals surface area contributed by atoms with Gasteiger partial charge in [0.15, 0.2) is 5.65 Å². The van der Waals surface area contributed by atoms with Gasteiger partial charge in [0, 0.05) is 12.7 Å². The van der Waals surface area contributed by atoms with E-state index in [2.05, 4.69) is 10.1 Å². The Balaban J connectivity index is 2.74. The molecule has 0 saturated carbocycles. The quantitative estimate of drug-likeness (QED) is 0.772. The molecule has 0 fully saturated rings. The van der Waals surface area contributed by atoms with E-state index in [9.17, 15) is 4.79 Å². The Hall–Kier alpha value is -1.95. The minimum absolute atomic E-state index is 0.272. The fourth-order valence-electron chi connectivity index (χ4n) is 1.86. The smallest absolute Gasteiger partial charge is 0.340 e. The third-order valence-electron chi connectivity index (χ3n) is 2.82. The summed E-state index contributed by atoms with van der Waals surface area (Å²) in [5.41, 5.74) is 2.51. The van der Waals surface area contributed by atoms with Gasteiger partial charge >= 0.3 is 5.97 Å². The summed E-state index contributed by atoms with van der Waals surface area (Å²) in [6, 6.07) is 0. The molecule has 0 aromatic carbocycles. The molecule has 18 heavy (non-hydrogen) atoms. The second kappa shape index (κ2) is 4.73. The normalized spacial score (nSPS) is 12.7. The van der Waals surface area contributed by atoms with E-state index in [1.54, 1.807) is 17.8 Å². The second-order valence-electron chi connectivity index (χ2n) is 3.99. The monoisotopic (exact) mass is 249 g/mol. The van der Waals surface area contributed by atoms with Gasteiger partial charge in [-0.15, -0.1) is 0 Å². The Labute approximate surface area is 105 Å². The number of carbonyl (C=O) groups excluding carboxylic acids is 1. The molecule has 0 aliphatic carbocycles. The maximum Gasteiger partial charge on any atom is 0.340 e. The van der Waals surface area contributed by atoms with Crippen LogP contribution >= 0.6 is 0 Å². The van der Waals surface area contributed by atoms with Crippen molar-refractivity contribution in [3.05, 3.63) is 29.2 Å². The molecule has 1 unspecified atom stereocenters. The number of methoxy groups -OCH3 is 2. The average Bonchev–Trinajstić information content (AvgIpc) is 2.75. The van der Waals surface area contributed by atoms with Gasteiger partial charge in [0.1, 0.15) is 0 Å². The minimum Gasteiger partial charge on any atom is -0.465 e. The van der Waals surface area contributed by atoms with E-state index >= 15 is 0 Å². The largest absolute Gasteiger partial charge is 0.465 e. The molecule has 2 aromatic heterocycles. The lowest BCUT2D eigenvalue weighted by Gasteiger charge is -2.14. The summed E-state index contributed by atoms with van der Waals surface area (Å²) in [6.07, 6.45) is 3.00. The molecular formula is C12H15N3O3. The first-order chi connectivity index (χ1) is 8.58.